The van der Waals surface area contributed by atoms with Gasteiger partial charge in [0.05, 0.1) is 37.5 Å². The molecule has 0 spiro atoms. The molecule has 476 valence electrons. The maximum Gasteiger partial charge on any atom is 0.407 e. The molecule has 9 N–H and O–H groups in total. The van der Waals surface area contributed by atoms with Crippen LogP contribution >= 0.6 is 0 Å². The predicted molar refractivity (Wildman–Crippen MR) is 309 cm³/mol. The third-order valence-corrected chi connectivity index (χ3v) is 16.7. The lowest BCUT2D eigenvalue weighted by Gasteiger charge is -2.51. The number of hydrogen-bond acceptors (Lipinski definition) is 20. The Balaban J connectivity index is 1.00. The molecule has 87 heavy (non-hydrogen) atoms. The molecule has 23 heteroatoms. The number of amides is 3. The van der Waals surface area contributed by atoms with Gasteiger partial charge in [-0.05, 0) is 48.8 Å². The smallest absolute Gasteiger partial charge is 0.407 e. The summed E-state index contributed by atoms with van der Waals surface area (Å²) in [5.41, 5.74) is 3.37. The fraction of sp³-hybridized carbons (Fsp3) is 0.578. The first-order valence-corrected chi connectivity index (χ1v) is 30.3. The normalized spacial score (nSPS) is 33.6. The van der Waals surface area contributed by atoms with E-state index in [9.17, 15) is 45.0 Å². The summed E-state index contributed by atoms with van der Waals surface area (Å²) in [5.74, 6) is -2.47. The van der Waals surface area contributed by atoms with Gasteiger partial charge in [0, 0.05) is 30.6 Å². The number of aliphatic hydroxyl groups is 6. The Hall–Kier alpha value is -5.71. The standard InChI is InChI=1S/C64H85N3O20/c1-4-20-45(69)58(74)66-43-31-44(67-64(76)80-35-41-26-14-7-15-27-41)54(84-60-38(3)50(71)56-48(83-60)36-78-61(86-56)42-28-17-8-18-29-42)57(53(43)77-30-19-9-16-23-39-21-10-5-11-22-39)87-62-52(73)55(47(33-68)82-62)85-59-37(2)49(70)51(72)46(81-59)32-65-63(75)79-34-40-24-12-6-13-25-40/h5-8,10-15,17-18,21-22,24-29,37-38,43-57,59-62,68-73H,4,9,16,19-20,23,30-36H2,1-3H3,(H,65,75)(H,66,74)(H,67,76)/t37-,38-,43-,44+,45+,46+,47-,48-,49-,50-,51-,52-,53+,54-,55-,56-,57-,59-,60-,61?,62+/m1/s1. The van der Waals surface area contributed by atoms with Crippen LogP contribution in [-0.2, 0) is 76.5 Å². The van der Waals surface area contributed by atoms with Crippen molar-refractivity contribution in [3.8, 4) is 0 Å². The molecule has 0 bridgehead atoms. The Labute approximate surface area is 506 Å². The SMILES string of the molecule is CCC[C@H](O)C(=O)N[C@@H]1C[C@H](NC(=O)OCc2ccccc2)[C@@H](O[C@H]2O[C@@H]3COC(c4ccccc4)O[C@H]3[C@H](O)[C@H]2C)[C@H](O[C@@H]2O[C@H](CO)[C@@H](O[C@H]3O[C@@H](CNC(=O)OCc4ccccc4)[C@@H](O)[C@H](O)[C@H]3C)[C@H]2O)[C@H]1OCCCCCc1ccccc1. The lowest BCUT2D eigenvalue weighted by molar-refractivity contribution is -0.366. The van der Waals surface area contributed by atoms with Gasteiger partial charge in [-0.25, -0.2) is 9.59 Å². The Morgan fingerprint density at radius 1 is 0.598 bits per heavy atom. The second kappa shape index (κ2) is 32.2. The van der Waals surface area contributed by atoms with E-state index in [0.29, 0.717) is 18.4 Å². The van der Waals surface area contributed by atoms with Gasteiger partial charge in [-0.1, -0.05) is 155 Å². The summed E-state index contributed by atoms with van der Waals surface area (Å²) in [7, 11) is 0. The molecule has 0 aromatic heterocycles. The van der Waals surface area contributed by atoms with Crippen LogP contribution in [0.15, 0.2) is 121 Å². The Bertz CT molecular complexity index is 2710. The monoisotopic (exact) mass is 1220 g/mol. The van der Waals surface area contributed by atoms with Crippen molar-refractivity contribution in [1.29, 1.82) is 0 Å². The third-order valence-electron chi connectivity index (χ3n) is 16.7. The van der Waals surface area contributed by atoms with E-state index in [1.807, 2.05) is 67.6 Å². The third kappa shape index (κ3) is 17.4. The van der Waals surface area contributed by atoms with Crippen molar-refractivity contribution in [3.63, 3.8) is 0 Å². The van der Waals surface area contributed by atoms with Gasteiger partial charge in [-0.2, -0.15) is 0 Å². The molecule has 4 heterocycles. The first-order chi connectivity index (χ1) is 42.2. The van der Waals surface area contributed by atoms with Crippen molar-refractivity contribution < 1.29 is 97.1 Å². The number of rotatable bonds is 26. The van der Waals surface area contributed by atoms with Crippen molar-refractivity contribution in [2.45, 2.75) is 196 Å². The van der Waals surface area contributed by atoms with Gasteiger partial charge in [-0.3, -0.25) is 4.79 Å². The number of nitrogens with one attached hydrogen (secondary N) is 3. The van der Waals surface area contributed by atoms with E-state index in [2.05, 4.69) is 28.1 Å². The molecule has 9 rings (SSSR count). The van der Waals surface area contributed by atoms with Crippen molar-refractivity contribution in [3.05, 3.63) is 144 Å². The topological polar surface area (TPSA) is 310 Å². The predicted octanol–water partition coefficient (Wildman–Crippen LogP) is 4.21. The largest absolute Gasteiger partial charge is 0.445 e. The van der Waals surface area contributed by atoms with Crippen LogP contribution in [0, 0.1) is 11.8 Å². The molecule has 1 aliphatic carbocycles. The van der Waals surface area contributed by atoms with Crippen molar-refractivity contribution in [1.82, 2.24) is 16.0 Å². The zero-order valence-electron chi connectivity index (χ0n) is 49.3. The van der Waals surface area contributed by atoms with E-state index in [0.717, 1.165) is 30.4 Å². The average Bonchev–Trinajstić information content (AvgIpc) is 1.84. The molecule has 5 aliphatic rings. The lowest BCUT2D eigenvalue weighted by Crippen LogP contribution is -2.69. The minimum atomic E-state index is -1.75. The number of unbranched alkanes of at least 4 members (excludes halogenated alkanes) is 2. The summed E-state index contributed by atoms with van der Waals surface area (Å²) in [5, 5.41) is 77.5. The number of aryl methyl sites for hydroxylation is 1. The highest BCUT2D eigenvalue weighted by molar-refractivity contribution is 5.80. The summed E-state index contributed by atoms with van der Waals surface area (Å²) in [4.78, 5) is 40.9. The number of alkyl carbamates (subject to hydrolysis) is 2. The van der Waals surface area contributed by atoms with Crippen LogP contribution in [0.25, 0.3) is 0 Å². The van der Waals surface area contributed by atoms with E-state index < -0.39 is 153 Å². The molecule has 4 aromatic carbocycles. The molecule has 23 nitrogen and oxygen atoms in total. The maximum atomic E-state index is 14.1. The first kappa shape index (κ1) is 65.7. The maximum absolute atomic E-state index is 14.1. The molecule has 21 atom stereocenters. The lowest BCUT2D eigenvalue weighted by atomic mass is 9.82. The molecule has 1 saturated carbocycles. The van der Waals surface area contributed by atoms with Crippen LogP contribution in [0.5, 0.6) is 0 Å². The number of benzene rings is 4. The van der Waals surface area contributed by atoms with Crippen LogP contribution in [0.4, 0.5) is 9.59 Å². The van der Waals surface area contributed by atoms with Crippen molar-refractivity contribution in [2.75, 3.05) is 26.4 Å². The second-order valence-corrected chi connectivity index (χ2v) is 23.0. The van der Waals surface area contributed by atoms with Crippen LogP contribution in [0.2, 0.25) is 0 Å². The van der Waals surface area contributed by atoms with E-state index in [1.54, 1.807) is 62.4 Å². The van der Waals surface area contributed by atoms with Crippen LogP contribution in [0.1, 0.15) is 87.8 Å². The molecule has 3 amide bonds. The van der Waals surface area contributed by atoms with E-state index in [1.165, 1.54) is 5.56 Å². The number of carbonyl (C=O) groups is 3. The highest BCUT2D eigenvalue weighted by atomic mass is 16.8. The highest BCUT2D eigenvalue weighted by Gasteiger charge is 2.57. The minimum Gasteiger partial charge on any atom is -0.445 e. The van der Waals surface area contributed by atoms with Gasteiger partial charge in [0.2, 0.25) is 5.91 Å². The Morgan fingerprint density at radius 2 is 1.17 bits per heavy atom. The summed E-state index contributed by atoms with van der Waals surface area (Å²) < 4.78 is 69.9. The fourth-order valence-corrected chi connectivity index (χ4v) is 11.7. The average molecular weight is 1220 g/mol. The number of aliphatic hydroxyl groups excluding tert-OH is 6. The van der Waals surface area contributed by atoms with Gasteiger partial charge in [0.1, 0.15) is 80.4 Å². The van der Waals surface area contributed by atoms with Gasteiger partial charge in [-0.15, -0.1) is 0 Å². The summed E-state index contributed by atoms with van der Waals surface area (Å²) >= 11 is 0. The highest BCUT2D eigenvalue weighted by Crippen LogP contribution is 2.41. The molecule has 0 radical (unpaired) electrons. The number of carbonyl (C=O) groups excluding carboxylic acids is 3. The van der Waals surface area contributed by atoms with Gasteiger partial charge in [0.25, 0.3) is 0 Å². The molecule has 4 saturated heterocycles. The first-order valence-electron chi connectivity index (χ1n) is 30.3. The molecule has 4 aliphatic heterocycles. The molecular weight excluding hydrogens is 1130 g/mol. The molecular formula is C64H85N3O20. The van der Waals surface area contributed by atoms with E-state index >= 15 is 0 Å². The van der Waals surface area contributed by atoms with Crippen LogP contribution in [0.3, 0.4) is 0 Å². The molecule has 1 unspecified atom stereocenters. The Morgan fingerprint density at radius 3 is 1.83 bits per heavy atom. The minimum absolute atomic E-state index is 0.0000650. The van der Waals surface area contributed by atoms with Crippen molar-refractivity contribution >= 4 is 18.1 Å². The number of fused-ring (bicyclic) bond motifs is 1. The number of hydrogen-bond donors (Lipinski definition) is 9. The van der Waals surface area contributed by atoms with Crippen LogP contribution < -0.4 is 16.0 Å². The Kier molecular flexibility index (Phi) is 24.3. The second-order valence-electron chi connectivity index (χ2n) is 23.0. The quantitative estimate of drug-likeness (QED) is 0.0398. The van der Waals surface area contributed by atoms with E-state index in [4.69, 9.17) is 52.1 Å². The fourth-order valence-electron chi connectivity index (χ4n) is 11.7. The molecule has 5 fully saturated rings. The number of ether oxygens (including phenoxy) is 11. The zero-order valence-corrected chi connectivity index (χ0v) is 49.3. The van der Waals surface area contributed by atoms with Gasteiger partial charge in [0.15, 0.2) is 25.2 Å². The van der Waals surface area contributed by atoms with Crippen LogP contribution in [-0.4, -0.2) is 185 Å². The summed E-state index contributed by atoms with van der Waals surface area (Å²) in [6.45, 7) is 4.04. The molecule has 4 aromatic rings. The summed E-state index contributed by atoms with van der Waals surface area (Å²) in [6, 6.07) is 35.2. The summed E-state index contributed by atoms with van der Waals surface area (Å²) in [6.07, 6.45) is -20.3. The zero-order chi connectivity index (χ0) is 61.4. The van der Waals surface area contributed by atoms with Gasteiger partial charge < -0.3 is 98.7 Å². The van der Waals surface area contributed by atoms with E-state index in [-0.39, 0.29) is 45.8 Å². The van der Waals surface area contributed by atoms with Gasteiger partial charge >= 0.3 is 12.2 Å². The van der Waals surface area contributed by atoms with Crippen molar-refractivity contribution in [2.24, 2.45) is 11.8 Å².